The molecule has 0 saturated carbocycles. The molecule has 0 saturated heterocycles. The van der Waals surface area contributed by atoms with Crippen LogP contribution >= 0.6 is 0 Å². The quantitative estimate of drug-likeness (QED) is 0.584. The van der Waals surface area contributed by atoms with E-state index in [-0.39, 0.29) is 0 Å². The second kappa shape index (κ2) is 2.83. The van der Waals surface area contributed by atoms with Gasteiger partial charge in [-0.25, -0.2) is 17.6 Å². The van der Waals surface area contributed by atoms with Gasteiger partial charge in [0.15, 0.2) is 11.7 Å². The fourth-order valence-electron chi connectivity index (χ4n) is 1.18. The van der Waals surface area contributed by atoms with Gasteiger partial charge in [-0.3, -0.25) is 0 Å². The number of allylic oxidation sites excluding steroid dienone is 2. The summed E-state index contributed by atoms with van der Waals surface area (Å²) >= 11 is 0. The van der Waals surface area contributed by atoms with E-state index in [0.29, 0.717) is 0 Å². The van der Waals surface area contributed by atoms with Gasteiger partial charge in [-0.1, -0.05) is 0 Å². The standard InChI is InChI=1S/C6F10/c7-1-2(8)4(10,6(14,15)16)3(1,9)5(11,12)13. The molecule has 1 rings (SSSR count). The molecule has 0 N–H and O–H groups in total. The fourth-order valence-corrected chi connectivity index (χ4v) is 1.18. The average Bonchev–Trinajstić information content (AvgIpc) is 2.09. The molecule has 0 amide bonds. The van der Waals surface area contributed by atoms with E-state index >= 15 is 0 Å². The number of hydrogen-bond acceptors (Lipinski definition) is 0. The first-order valence-corrected chi connectivity index (χ1v) is 3.39. The van der Waals surface area contributed by atoms with Crippen molar-refractivity contribution in [2.75, 3.05) is 0 Å². The maximum atomic E-state index is 12.7. The van der Waals surface area contributed by atoms with E-state index in [1.165, 1.54) is 0 Å². The number of halogens is 10. The molecule has 1 aliphatic carbocycles. The third kappa shape index (κ3) is 1.07. The summed E-state index contributed by atoms with van der Waals surface area (Å²) in [7, 11) is 0. The Kier molecular flexibility index (Phi) is 2.32. The molecule has 0 heterocycles. The largest absolute Gasteiger partial charge is 0.433 e. The van der Waals surface area contributed by atoms with E-state index in [0.717, 1.165) is 0 Å². The SMILES string of the molecule is FC1=C(F)C(F)(C(F)(F)F)C1(F)C(F)(F)F. The van der Waals surface area contributed by atoms with Gasteiger partial charge in [-0.15, -0.1) is 0 Å². The Morgan fingerprint density at radius 3 is 0.938 bits per heavy atom. The van der Waals surface area contributed by atoms with Crippen molar-refractivity contribution in [2.45, 2.75) is 23.7 Å². The van der Waals surface area contributed by atoms with Crippen LogP contribution in [0.3, 0.4) is 0 Å². The third-order valence-corrected chi connectivity index (χ3v) is 2.05. The van der Waals surface area contributed by atoms with Crippen molar-refractivity contribution in [1.82, 2.24) is 0 Å². The molecule has 16 heavy (non-hydrogen) atoms. The second-order valence-electron chi connectivity index (χ2n) is 2.94. The van der Waals surface area contributed by atoms with Crippen LogP contribution in [0.4, 0.5) is 43.9 Å². The summed E-state index contributed by atoms with van der Waals surface area (Å²) in [5, 5.41) is 0. The highest BCUT2D eigenvalue weighted by Gasteiger charge is 2.90. The number of rotatable bonds is 0. The maximum absolute atomic E-state index is 12.7. The molecule has 2 atom stereocenters. The lowest BCUT2D eigenvalue weighted by molar-refractivity contribution is -0.345. The van der Waals surface area contributed by atoms with Gasteiger partial charge in [0, 0.05) is 0 Å². The normalized spacial score (nSPS) is 36.4. The van der Waals surface area contributed by atoms with Gasteiger partial charge in [-0.2, -0.15) is 26.3 Å². The molecule has 0 bridgehead atoms. The maximum Gasteiger partial charge on any atom is 0.433 e. The van der Waals surface area contributed by atoms with E-state index in [9.17, 15) is 43.9 Å². The van der Waals surface area contributed by atoms with Crippen LogP contribution in [-0.2, 0) is 0 Å². The van der Waals surface area contributed by atoms with Crippen molar-refractivity contribution in [3.63, 3.8) is 0 Å². The Balaban J connectivity index is 3.46. The summed E-state index contributed by atoms with van der Waals surface area (Å²) in [5.74, 6) is -6.89. The highest BCUT2D eigenvalue weighted by atomic mass is 19.4. The molecule has 0 aliphatic heterocycles. The Morgan fingerprint density at radius 1 is 0.625 bits per heavy atom. The van der Waals surface area contributed by atoms with Crippen molar-refractivity contribution < 1.29 is 43.9 Å². The van der Waals surface area contributed by atoms with Crippen LogP contribution in [0.2, 0.25) is 0 Å². The third-order valence-electron chi connectivity index (χ3n) is 2.05. The zero-order chi connectivity index (χ0) is 13.2. The van der Waals surface area contributed by atoms with Gasteiger partial charge in [-0.05, 0) is 0 Å². The molecule has 0 aromatic rings. The molecular formula is C6F10. The topological polar surface area (TPSA) is 0 Å². The van der Waals surface area contributed by atoms with Gasteiger partial charge in [0.25, 0.3) is 0 Å². The Bertz CT molecular complexity index is 313. The number of hydrogen-bond donors (Lipinski definition) is 0. The van der Waals surface area contributed by atoms with Gasteiger partial charge in [0.2, 0.25) is 0 Å². The van der Waals surface area contributed by atoms with E-state index in [1.807, 2.05) is 0 Å². The van der Waals surface area contributed by atoms with Crippen LogP contribution in [0.5, 0.6) is 0 Å². The zero-order valence-electron chi connectivity index (χ0n) is 6.78. The predicted octanol–water partition coefficient (Wildman–Crippen LogP) is 3.69. The van der Waals surface area contributed by atoms with Crippen molar-refractivity contribution in [3.05, 3.63) is 11.7 Å². The van der Waals surface area contributed by atoms with E-state index in [1.54, 1.807) is 0 Å². The Labute approximate surface area is 80.5 Å². The van der Waals surface area contributed by atoms with E-state index in [2.05, 4.69) is 0 Å². The molecule has 0 fully saturated rings. The highest BCUT2D eigenvalue weighted by molar-refractivity contribution is 5.46. The summed E-state index contributed by atoms with van der Waals surface area (Å²) in [5.41, 5.74) is -12.1. The average molecular weight is 262 g/mol. The molecule has 0 radical (unpaired) electrons. The first kappa shape index (κ1) is 13.1. The van der Waals surface area contributed by atoms with Crippen LogP contribution in [0.25, 0.3) is 0 Å². The van der Waals surface area contributed by atoms with Gasteiger partial charge in [0.1, 0.15) is 0 Å². The van der Waals surface area contributed by atoms with Crippen LogP contribution in [0, 0.1) is 0 Å². The van der Waals surface area contributed by atoms with Gasteiger partial charge >= 0.3 is 23.7 Å². The minimum atomic E-state index is -6.56. The van der Waals surface area contributed by atoms with Crippen LogP contribution in [-0.4, -0.2) is 23.7 Å². The minimum Gasteiger partial charge on any atom is -0.221 e. The molecule has 94 valence electrons. The zero-order valence-corrected chi connectivity index (χ0v) is 6.78. The summed E-state index contributed by atoms with van der Waals surface area (Å²) in [6, 6.07) is 0. The lowest BCUT2D eigenvalue weighted by atomic mass is 9.72. The van der Waals surface area contributed by atoms with Crippen molar-refractivity contribution in [2.24, 2.45) is 0 Å². The van der Waals surface area contributed by atoms with E-state index < -0.39 is 35.3 Å². The summed E-state index contributed by atoms with van der Waals surface area (Å²) in [4.78, 5) is 0. The number of alkyl halides is 8. The molecule has 10 heteroatoms. The summed E-state index contributed by atoms with van der Waals surface area (Å²) in [6.45, 7) is 0. The van der Waals surface area contributed by atoms with Crippen LogP contribution in [0.15, 0.2) is 11.7 Å². The highest BCUT2D eigenvalue weighted by Crippen LogP contribution is 2.66. The molecule has 0 aromatic carbocycles. The smallest absolute Gasteiger partial charge is 0.221 e. The molecule has 1 aliphatic rings. The first-order valence-electron chi connectivity index (χ1n) is 3.39. The Morgan fingerprint density at radius 2 is 0.812 bits per heavy atom. The van der Waals surface area contributed by atoms with Crippen molar-refractivity contribution >= 4 is 0 Å². The fraction of sp³-hybridized carbons (Fsp3) is 0.667. The lowest BCUT2D eigenvalue weighted by Crippen LogP contribution is -2.71. The molecule has 0 nitrogen and oxygen atoms in total. The molecular weight excluding hydrogens is 262 g/mol. The van der Waals surface area contributed by atoms with E-state index in [4.69, 9.17) is 0 Å². The molecule has 0 spiro atoms. The van der Waals surface area contributed by atoms with Gasteiger partial charge < -0.3 is 0 Å². The first-order chi connectivity index (χ1) is 6.82. The Hall–Kier alpha value is -0.960. The van der Waals surface area contributed by atoms with Crippen molar-refractivity contribution in [3.8, 4) is 0 Å². The van der Waals surface area contributed by atoms with Crippen LogP contribution in [0.1, 0.15) is 0 Å². The summed E-state index contributed by atoms with van der Waals surface area (Å²) < 4.78 is 120. The molecule has 0 aromatic heterocycles. The summed E-state index contributed by atoms with van der Waals surface area (Å²) in [6.07, 6.45) is -13.1. The van der Waals surface area contributed by atoms with Crippen molar-refractivity contribution in [1.29, 1.82) is 0 Å². The minimum absolute atomic E-state index is 3.44. The van der Waals surface area contributed by atoms with Gasteiger partial charge in [0.05, 0.1) is 0 Å². The molecule has 2 unspecified atom stereocenters. The lowest BCUT2D eigenvalue weighted by Gasteiger charge is -2.45. The monoisotopic (exact) mass is 262 g/mol. The second-order valence-corrected chi connectivity index (χ2v) is 2.94. The van der Waals surface area contributed by atoms with Crippen LogP contribution < -0.4 is 0 Å². The predicted molar refractivity (Wildman–Crippen MR) is 29.0 cm³/mol.